The predicted octanol–water partition coefficient (Wildman–Crippen LogP) is 2.90. The number of ether oxygens (including phenoxy) is 1. The summed E-state index contributed by atoms with van der Waals surface area (Å²) in [5, 5.41) is 3.00. The molecule has 144 valence electrons. The molecule has 0 spiro atoms. The van der Waals surface area contributed by atoms with E-state index >= 15 is 0 Å². The Balaban J connectivity index is 1.38. The van der Waals surface area contributed by atoms with Crippen LogP contribution in [0.4, 0.5) is 9.18 Å². The van der Waals surface area contributed by atoms with Gasteiger partial charge in [-0.05, 0) is 41.8 Å². The first-order valence-corrected chi connectivity index (χ1v) is 9.26. The Morgan fingerprint density at radius 1 is 1.07 bits per heavy atom. The fraction of sp³-hybridized carbons (Fsp3) is 0.381. The third-order valence-corrected chi connectivity index (χ3v) is 4.80. The van der Waals surface area contributed by atoms with Crippen LogP contribution < -0.4 is 10.1 Å². The van der Waals surface area contributed by atoms with Gasteiger partial charge in [-0.1, -0.05) is 24.3 Å². The topological polar surface area (TPSA) is 44.8 Å². The fourth-order valence-electron chi connectivity index (χ4n) is 3.21. The van der Waals surface area contributed by atoms with Crippen LogP contribution in [0.3, 0.4) is 0 Å². The Bertz CT molecular complexity index is 743. The normalized spacial score (nSPS) is 14.8. The number of methoxy groups -OCH3 is 1. The fourth-order valence-corrected chi connectivity index (χ4v) is 3.21. The second-order valence-electron chi connectivity index (χ2n) is 6.72. The molecular weight excluding hydrogens is 345 g/mol. The van der Waals surface area contributed by atoms with Gasteiger partial charge >= 0.3 is 6.03 Å². The summed E-state index contributed by atoms with van der Waals surface area (Å²) in [7, 11) is 1.65. The van der Waals surface area contributed by atoms with Gasteiger partial charge in [-0.3, -0.25) is 4.90 Å². The number of nitrogens with one attached hydrogen (secondary N) is 1. The van der Waals surface area contributed by atoms with Crippen molar-refractivity contribution in [3.8, 4) is 5.75 Å². The van der Waals surface area contributed by atoms with E-state index < -0.39 is 0 Å². The molecule has 6 heteroatoms. The molecule has 1 saturated heterocycles. The zero-order valence-electron chi connectivity index (χ0n) is 15.7. The summed E-state index contributed by atoms with van der Waals surface area (Å²) in [6, 6.07) is 14.5. The standard InChI is InChI=1S/C21H26FN3O2/c1-27-20-4-2-3-17(15-20)9-10-23-21(26)25-13-11-24(12-14-25)16-18-5-7-19(22)8-6-18/h2-8,15H,9-14,16H2,1H3,(H,23,26). The molecule has 1 aliphatic heterocycles. The molecule has 0 radical (unpaired) electrons. The van der Waals surface area contributed by atoms with Crippen LogP contribution in [0.5, 0.6) is 5.75 Å². The molecule has 0 atom stereocenters. The van der Waals surface area contributed by atoms with Crippen molar-refractivity contribution >= 4 is 6.03 Å². The van der Waals surface area contributed by atoms with E-state index in [2.05, 4.69) is 10.2 Å². The Labute approximate surface area is 159 Å². The molecule has 0 saturated carbocycles. The van der Waals surface area contributed by atoms with Crippen LogP contribution in [0.1, 0.15) is 11.1 Å². The van der Waals surface area contributed by atoms with Crippen LogP contribution in [0, 0.1) is 5.82 Å². The van der Waals surface area contributed by atoms with Crippen molar-refractivity contribution in [3.05, 3.63) is 65.5 Å². The summed E-state index contributed by atoms with van der Waals surface area (Å²) in [4.78, 5) is 16.5. The molecule has 0 aromatic heterocycles. The highest BCUT2D eigenvalue weighted by molar-refractivity contribution is 5.74. The molecule has 27 heavy (non-hydrogen) atoms. The molecule has 3 rings (SSSR count). The van der Waals surface area contributed by atoms with Crippen LogP contribution >= 0.6 is 0 Å². The molecule has 2 aromatic rings. The number of benzene rings is 2. The average Bonchev–Trinajstić information content (AvgIpc) is 2.70. The summed E-state index contributed by atoms with van der Waals surface area (Å²) in [5.41, 5.74) is 2.23. The van der Waals surface area contributed by atoms with E-state index in [1.54, 1.807) is 7.11 Å². The Hall–Kier alpha value is -2.60. The van der Waals surface area contributed by atoms with Gasteiger partial charge in [0.15, 0.2) is 0 Å². The lowest BCUT2D eigenvalue weighted by atomic mass is 10.1. The number of halogens is 1. The lowest BCUT2D eigenvalue weighted by Crippen LogP contribution is -2.51. The van der Waals surface area contributed by atoms with Crippen molar-refractivity contribution in [3.63, 3.8) is 0 Å². The van der Waals surface area contributed by atoms with Crippen molar-refractivity contribution in [2.75, 3.05) is 39.8 Å². The third kappa shape index (κ3) is 5.69. The molecule has 0 bridgehead atoms. The van der Waals surface area contributed by atoms with Gasteiger partial charge in [0.1, 0.15) is 11.6 Å². The van der Waals surface area contributed by atoms with E-state index in [1.807, 2.05) is 41.3 Å². The van der Waals surface area contributed by atoms with E-state index in [-0.39, 0.29) is 11.8 Å². The SMILES string of the molecule is COc1cccc(CCNC(=O)N2CCN(Cc3ccc(F)cc3)CC2)c1. The number of piperazine rings is 1. The maximum atomic E-state index is 13.0. The average molecular weight is 371 g/mol. The quantitative estimate of drug-likeness (QED) is 0.849. The minimum atomic E-state index is -0.214. The number of nitrogens with zero attached hydrogens (tertiary/aromatic N) is 2. The smallest absolute Gasteiger partial charge is 0.317 e. The number of carbonyl (C=O) groups is 1. The predicted molar refractivity (Wildman–Crippen MR) is 103 cm³/mol. The summed E-state index contributed by atoms with van der Waals surface area (Å²) >= 11 is 0. The highest BCUT2D eigenvalue weighted by atomic mass is 19.1. The Morgan fingerprint density at radius 2 is 1.81 bits per heavy atom. The Morgan fingerprint density at radius 3 is 2.52 bits per heavy atom. The first-order valence-electron chi connectivity index (χ1n) is 9.26. The van der Waals surface area contributed by atoms with Crippen molar-refractivity contribution in [2.45, 2.75) is 13.0 Å². The summed E-state index contributed by atoms with van der Waals surface area (Å²) < 4.78 is 18.2. The molecule has 1 N–H and O–H groups in total. The number of hydrogen-bond acceptors (Lipinski definition) is 3. The van der Waals surface area contributed by atoms with E-state index in [1.165, 1.54) is 12.1 Å². The van der Waals surface area contributed by atoms with Gasteiger partial charge in [-0.15, -0.1) is 0 Å². The zero-order chi connectivity index (χ0) is 19.1. The molecule has 2 amide bonds. The van der Waals surface area contributed by atoms with Crippen LogP contribution in [-0.2, 0) is 13.0 Å². The third-order valence-electron chi connectivity index (χ3n) is 4.80. The second kappa shape index (κ2) is 9.37. The number of rotatable bonds is 6. The summed E-state index contributed by atoms with van der Waals surface area (Å²) in [6.45, 7) is 4.42. The van der Waals surface area contributed by atoms with Crippen LogP contribution in [0.2, 0.25) is 0 Å². The first kappa shape index (κ1) is 19.2. The molecular formula is C21H26FN3O2. The van der Waals surface area contributed by atoms with Crippen LogP contribution in [-0.4, -0.2) is 55.7 Å². The van der Waals surface area contributed by atoms with Gasteiger partial charge < -0.3 is 15.0 Å². The lowest BCUT2D eigenvalue weighted by molar-refractivity contribution is 0.135. The van der Waals surface area contributed by atoms with Gasteiger partial charge in [0.05, 0.1) is 7.11 Å². The lowest BCUT2D eigenvalue weighted by Gasteiger charge is -2.34. The van der Waals surface area contributed by atoms with E-state index in [9.17, 15) is 9.18 Å². The monoisotopic (exact) mass is 371 g/mol. The minimum Gasteiger partial charge on any atom is -0.497 e. The van der Waals surface area contributed by atoms with Crippen LogP contribution in [0.25, 0.3) is 0 Å². The second-order valence-corrected chi connectivity index (χ2v) is 6.72. The van der Waals surface area contributed by atoms with E-state index in [4.69, 9.17) is 4.74 Å². The van der Waals surface area contributed by atoms with E-state index in [0.717, 1.165) is 42.9 Å². The van der Waals surface area contributed by atoms with Gasteiger partial charge in [0.2, 0.25) is 0 Å². The van der Waals surface area contributed by atoms with Crippen molar-refractivity contribution in [1.29, 1.82) is 0 Å². The first-order chi connectivity index (χ1) is 13.1. The molecule has 5 nitrogen and oxygen atoms in total. The molecule has 1 fully saturated rings. The molecule has 1 heterocycles. The molecule has 1 aliphatic rings. The molecule has 0 unspecified atom stereocenters. The summed E-state index contributed by atoms with van der Waals surface area (Å²) in [6.07, 6.45) is 0.771. The Kier molecular flexibility index (Phi) is 6.65. The molecule has 0 aliphatic carbocycles. The highest BCUT2D eigenvalue weighted by Crippen LogP contribution is 2.13. The van der Waals surface area contributed by atoms with Crippen LogP contribution in [0.15, 0.2) is 48.5 Å². The molecule has 2 aromatic carbocycles. The minimum absolute atomic E-state index is 0.0145. The van der Waals surface area contributed by atoms with E-state index in [0.29, 0.717) is 19.6 Å². The number of urea groups is 1. The number of carbonyl (C=O) groups excluding carboxylic acids is 1. The zero-order valence-corrected chi connectivity index (χ0v) is 15.7. The van der Waals surface area contributed by atoms with Gasteiger partial charge in [0.25, 0.3) is 0 Å². The van der Waals surface area contributed by atoms with Crippen molar-refractivity contribution < 1.29 is 13.9 Å². The van der Waals surface area contributed by atoms with Gasteiger partial charge in [-0.2, -0.15) is 0 Å². The van der Waals surface area contributed by atoms with Gasteiger partial charge in [-0.25, -0.2) is 9.18 Å². The maximum absolute atomic E-state index is 13.0. The largest absolute Gasteiger partial charge is 0.497 e. The number of hydrogen-bond donors (Lipinski definition) is 1. The number of amides is 2. The summed E-state index contributed by atoms with van der Waals surface area (Å²) in [5.74, 6) is 0.616. The highest BCUT2D eigenvalue weighted by Gasteiger charge is 2.20. The van der Waals surface area contributed by atoms with Crippen molar-refractivity contribution in [2.24, 2.45) is 0 Å². The maximum Gasteiger partial charge on any atom is 0.317 e. The van der Waals surface area contributed by atoms with Crippen molar-refractivity contribution in [1.82, 2.24) is 15.1 Å². The van der Waals surface area contributed by atoms with Gasteiger partial charge in [0, 0.05) is 39.3 Å².